The van der Waals surface area contributed by atoms with Crippen molar-refractivity contribution < 1.29 is 19.3 Å². The predicted octanol–water partition coefficient (Wildman–Crippen LogP) is 4.27. The topological polar surface area (TPSA) is 69.0 Å². The highest BCUT2D eigenvalue weighted by Crippen LogP contribution is 2.32. The van der Waals surface area contributed by atoms with E-state index >= 15 is 0 Å². The van der Waals surface area contributed by atoms with Gasteiger partial charge in [0.25, 0.3) is 0 Å². The maximum atomic E-state index is 10.7. The summed E-state index contributed by atoms with van der Waals surface area (Å²) in [6, 6.07) is 18.0. The number of para-hydroxylation sites is 1. The van der Waals surface area contributed by atoms with Crippen molar-refractivity contribution in [3.8, 4) is 29.7 Å². The summed E-state index contributed by atoms with van der Waals surface area (Å²) in [4.78, 5) is 2.20. The van der Waals surface area contributed by atoms with Crippen LogP contribution in [0, 0.1) is 26.2 Å². The first-order chi connectivity index (χ1) is 17.5. The van der Waals surface area contributed by atoms with Gasteiger partial charge in [0.2, 0.25) is 5.88 Å². The van der Waals surface area contributed by atoms with Gasteiger partial charge in [-0.1, -0.05) is 41.8 Å². The van der Waals surface area contributed by atoms with Crippen LogP contribution in [-0.4, -0.2) is 64.9 Å². The third-order valence-electron chi connectivity index (χ3n) is 6.21. The van der Waals surface area contributed by atoms with E-state index in [-0.39, 0.29) is 19.3 Å². The quantitative estimate of drug-likeness (QED) is 0.303. The monoisotopic (exact) mass is 489 g/mol. The Bertz CT molecular complexity index is 1130. The van der Waals surface area contributed by atoms with Crippen LogP contribution in [0.15, 0.2) is 54.6 Å². The van der Waals surface area contributed by atoms with Gasteiger partial charge in [0.05, 0.1) is 35.8 Å². The molecular weight excluding hydrogens is 454 g/mol. The second-order valence-electron chi connectivity index (χ2n) is 9.23. The van der Waals surface area contributed by atoms with Crippen molar-refractivity contribution in [2.75, 3.05) is 32.9 Å². The van der Waals surface area contributed by atoms with Crippen molar-refractivity contribution in [3.05, 3.63) is 71.4 Å². The summed E-state index contributed by atoms with van der Waals surface area (Å²) in [5.41, 5.74) is 3.92. The van der Waals surface area contributed by atoms with Gasteiger partial charge in [-0.3, -0.25) is 4.90 Å². The Balaban J connectivity index is 1.63. The lowest BCUT2D eigenvalue weighted by molar-refractivity contribution is 0.00935. The molecule has 0 radical (unpaired) electrons. The molecule has 36 heavy (non-hydrogen) atoms. The summed E-state index contributed by atoms with van der Waals surface area (Å²) in [5.74, 6) is 3.85. The number of rotatable bonds is 12. The third kappa shape index (κ3) is 6.96. The summed E-state index contributed by atoms with van der Waals surface area (Å²) < 4.78 is 19.6. The van der Waals surface area contributed by atoms with Crippen molar-refractivity contribution in [2.45, 2.75) is 45.4 Å². The van der Waals surface area contributed by atoms with Crippen LogP contribution >= 0.6 is 0 Å². The summed E-state index contributed by atoms with van der Waals surface area (Å²) in [7, 11) is 0. The van der Waals surface area contributed by atoms with Crippen molar-refractivity contribution in [1.29, 1.82) is 0 Å². The molecule has 0 bridgehead atoms. The first-order valence-corrected chi connectivity index (χ1v) is 12.4. The van der Waals surface area contributed by atoms with Gasteiger partial charge in [-0.25, -0.2) is 4.68 Å². The van der Waals surface area contributed by atoms with E-state index in [1.54, 1.807) is 0 Å². The van der Waals surface area contributed by atoms with E-state index in [9.17, 15) is 5.11 Å². The zero-order valence-electron chi connectivity index (χ0n) is 21.1. The van der Waals surface area contributed by atoms with E-state index in [0.29, 0.717) is 25.5 Å². The Morgan fingerprint density at radius 1 is 1.19 bits per heavy atom. The number of aliphatic hydroxyl groups excluding tert-OH is 1. The van der Waals surface area contributed by atoms with E-state index in [2.05, 4.69) is 17.7 Å². The number of benzene rings is 2. The Kier molecular flexibility index (Phi) is 9.15. The van der Waals surface area contributed by atoms with Gasteiger partial charge >= 0.3 is 0 Å². The summed E-state index contributed by atoms with van der Waals surface area (Å²) in [6.45, 7) is 6.85. The highest BCUT2D eigenvalue weighted by Gasteiger charge is 2.26. The maximum absolute atomic E-state index is 10.7. The summed E-state index contributed by atoms with van der Waals surface area (Å²) in [5, 5.41) is 15.5. The average molecular weight is 490 g/mol. The highest BCUT2D eigenvalue weighted by atomic mass is 16.5. The van der Waals surface area contributed by atoms with E-state index in [1.807, 2.05) is 66.2 Å². The SMILES string of the molecule is C#CCOCC(O)CN(Cc1c(C)nn(-c2ccccc2)c1Oc1ccc(C)cc1)CC1CCCO1. The smallest absolute Gasteiger partial charge is 0.227 e. The summed E-state index contributed by atoms with van der Waals surface area (Å²) in [6.07, 6.45) is 6.80. The van der Waals surface area contributed by atoms with Crippen LogP contribution in [0.3, 0.4) is 0 Å². The van der Waals surface area contributed by atoms with Gasteiger partial charge in [-0.05, 0) is 51.0 Å². The van der Waals surface area contributed by atoms with Crippen LogP contribution in [0.4, 0.5) is 0 Å². The van der Waals surface area contributed by atoms with Gasteiger partial charge in [0.1, 0.15) is 12.4 Å². The molecule has 1 fully saturated rings. The van der Waals surface area contributed by atoms with Gasteiger partial charge in [0.15, 0.2) is 0 Å². The normalized spacial score (nSPS) is 16.2. The molecule has 2 unspecified atom stereocenters. The molecule has 0 spiro atoms. The minimum absolute atomic E-state index is 0.134. The Labute approximate surface area is 213 Å². The molecule has 0 aliphatic carbocycles. The molecule has 0 amide bonds. The molecule has 1 aliphatic rings. The number of aliphatic hydroxyl groups is 1. The predicted molar refractivity (Wildman–Crippen MR) is 139 cm³/mol. The van der Waals surface area contributed by atoms with Gasteiger partial charge < -0.3 is 19.3 Å². The fraction of sp³-hybridized carbons (Fsp3) is 0.414. The Hall–Kier alpha value is -3.15. The molecule has 3 aromatic rings. The number of terminal acetylenes is 1. The number of aromatic nitrogens is 2. The summed E-state index contributed by atoms with van der Waals surface area (Å²) >= 11 is 0. The number of hydrogen-bond acceptors (Lipinski definition) is 6. The standard InChI is InChI=1S/C29H35N3O4/c1-4-16-34-21-25(33)18-31(19-27-11-8-17-35-27)20-28-23(3)30-32(24-9-6-5-7-10-24)29(28)36-26-14-12-22(2)13-15-26/h1,5-7,9-10,12-15,25,27,33H,8,11,16-21H2,2-3H3. The molecule has 1 aliphatic heterocycles. The van der Waals surface area contributed by atoms with Crippen molar-refractivity contribution >= 4 is 0 Å². The van der Waals surface area contributed by atoms with Gasteiger partial charge in [0, 0.05) is 26.2 Å². The van der Waals surface area contributed by atoms with Crippen molar-refractivity contribution in [3.63, 3.8) is 0 Å². The average Bonchev–Trinajstić information content (AvgIpc) is 3.49. The Morgan fingerprint density at radius 2 is 1.97 bits per heavy atom. The highest BCUT2D eigenvalue weighted by molar-refractivity contribution is 5.43. The fourth-order valence-corrected chi connectivity index (χ4v) is 4.40. The Morgan fingerprint density at radius 3 is 2.67 bits per heavy atom. The minimum Gasteiger partial charge on any atom is -0.439 e. The molecule has 2 atom stereocenters. The van der Waals surface area contributed by atoms with Crippen LogP contribution < -0.4 is 4.74 Å². The fourth-order valence-electron chi connectivity index (χ4n) is 4.40. The van der Waals surface area contributed by atoms with Crippen molar-refractivity contribution in [1.82, 2.24) is 14.7 Å². The molecule has 2 aromatic carbocycles. The van der Waals surface area contributed by atoms with E-state index in [0.717, 1.165) is 42.1 Å². The van der Waals surface area contributed by atoms with Crippen LogP contribution in [0.1, 0.15) is 29.7 Å². The molecule has 1 aromatic heterocycles. The van der Waals surface area contributed by atoms with E-state index in [1.165, 1.54) is 5.56 Å². The number of ether oxygens (including phenoxy) is 3. The number of nitrogens with zero attached hydrogens (tertiary/aromatic N) is 3. The number of hydrogen-bond donors (Lipinski definition) is 1. The van der Waals surface area contributed by atoms with Crippen molar-refractivity contribution in [2.24, 2.45) is 0 Å². The first-order valence-electron chi connectivity index (χ1n) is 12.4. The van der Waals surface area contributed by atoms with Crippen LogP contribution in [0.2, 0.25) is 0 Å². The molecule has 4 rings (SSSR count). The van der Waals surface area contributed by atoms with Crippen LogP contribution in [-0.2, 0) is 16.0 Å². The number of aryl methyl sites for hydroxylation is 2. The van der Waals surface area contributed by atoms with E-state index in [4.69, 9.17) is 25.7 Å². The molecule has 1 saturated heterocycles. The van der Waals surface area contributed by atoms with Gasteiger partial charge in [-0.15, -0.1) is 6.42 Å². The maximum Gasteiger partial charge on any atom is 0.227 e. The molecule has 7 heteroatoms. The third-order valence-corrected chi connectivity index (χ3v) is 6.21. The molecule has 0 saturated carbocycles. The second kappa shape index (κ2) is 12.7. The largest absolute Gasteiger partial charge is 0.439 e. The zero-order valence-corrected chi connectivity index (χ0v) is 21.1. The van der Waals surface area contributed by atoms with E-state index < -0.39 is 6.10 Å². The molecule has 7 nitrogen and oxygen atoms in total. The lowest BCUT2D eigenvalue weighted by Crippen LogP contribution is -2.39. The van der Waals surface area contributed by atoms with Gasteiger partial charge in [-0.2, -0.15) is 5.10 Å². The molecular formula is C29H35N3O4. The minimum atomic E-state index is -0.675. The molecule has 2 heterocycles. The lowest BCUT2D eigenvalue weighted by atomic mass is 10.1. The zero-order chi connectivity index (χ0) is 25.3. The first kappa shape index (κ1) is 25.9. The van der Waals surface area contributed by atoms with Crippen LogP contribution in [0.25, 0.3) is 5.69 Å². The second-order valence-corrected chi connectivity index (χ2v) is 9.23. The molecule has 1 N–H and O–H groups in total. The molecule has 190 valence electrons. The lowest BCUT2D eigenvalue weighted by Gasteiger charge is -2.27. The van der Waals surface area contributed by atoms with Crippen LogP contribution in [0.5, 0.6) is 11.6 Å².